The molecule has 1 heterocycles. The number of H-pyrrole nitrogens is 1. The number of hydrogen-bond acceptors (Lipinski definition) is 0. The van der Waals surface area contributed by atoms with Crippen LogP contribution in [0, 0.1) is 6.92 Å². The van der Waals surface area contributed by atoms with Crippen LogP contribution >= 0.6 is 0 Å². The van der Waals surface area contributed by atoms with E-state index in [2.05, 4.69) is 74.3 Å². The zero-order valence-corrected chi connectivity index (χ0v) is 13.7. The molecule has 1 N–H and O–H groups in total. The smallest absolute Gasteiger partial charge is 0.0464 e. The third kappa shape index (κ3) is 3.36. The molecule has 0 saturated carbocycles. The monoisotopic (exact) mass is 281 g/mol. The molecule has 3 rings (SSSR count). The van der Waals surface area contributed by atoms with E-state index in [0.29, 0.717) is 5.92 Å². The molecule has 0 aliphatic rings. The lowest BCUT2D eigenvalue weighted by molar-refractivity contribution is 0.867. The van der Waals surface area contributed by atoms with Gasteiger partial charge >= 0.3 is 0 Å². The highest BCUT2D eigenvalue weighted by Crippen LogP contribution is 2.26. The first kappa shape index (κ1) is 15.4. The highest BCUT2D eigenvalue weighted by atomic mass is 14.7. The van der Waals surface area contributed by atoms with Crippen molar-refractivity contribution in [3.63, 3.8) is 0 Å². The Kier molecular flexibility index (Phi) is 4.85. The van der Waals surface area contributed by atoms with Gasteiger partial charge in [0.25, 0.3) is 0 Å². The first-order valence-corrected chi connectivity index (χ1v) is 7.83. The van der Waals surface area contributed by atoms with Crippen LogP contribution in [0.5, 0.6) is 0 Å². The molecule has 0 fully saturated rings. The van der Waals surface area contributed by atoms with Crippen LogP contribution in [0.15, 0.2) is 48.5 Å². The molecule has 2 aromatic carbocycles. The molecule has 1 nitrogen and oxygen atoms in total. The van der Waals surface area contributed by atoms with Gasteiger partial charge in [-0.25, -0.2) is 0 Å². The van der Waals surface area contributed by atoms with Crippen molar-refractivity contribution in [3.05, 3.63) is 59.7 Å². The molecule has 0 bridgehead atoms. The number of aryl methyl sites for hydroxylation is 1. The van der Waals surface area contributed by atoms with Crippen molar-refractivity contribution in [1.29, 1.82) is 0 Å². The van der Waals surface area contributed by atoms with Crippen LogP contribution in [-0.4, -0.2) is 4.98 Å². The predicted molar refractivity (Wildman–Crippen MR) is 96.0 cm³/mol. The fourth-order valence-electron chi connectivity index (χ4n) is 2.44. The summed E-state index contributed by atoms with van der Waals surface area (Å²) in [5.74, 6) is 0.583. The van der Waals surface area contributed by atoms with E-state index >= 15 is 0 Å². The Hall–Kier alpha value is -2.02. The van der Waals surface area contributed by atoms with E-state index in [1.165, 1.54) is 33.3 Å². The van der Waals surface area contributed by atoms with Gasteiger partial charge in [0.15, 0.2) is 0 Å². The number of benzene rings is 2. The van der Waals surface area contributed by atoms with Crippen LogP contribution in [-0.2, 0) is 0 Å². The third-order valence-corrected chi connectivity index (χ3v) is 3.67. The normalized spacial score (nSPS) is 10.6. The van der Waals surface area contributed by atoms with Gasteiger partial charge in [0, 0.05) is 18.0 Å². The second-order valence-electron chi connectivity index (χ2n) is 5.55. The summed E-state index contributed by atoms with van der Waals surface area (Å²) in [6.45, 7) is 10.6. The molecule has 0 aliphatic carbocycles. The van der Waals surface area contributed by atoms with Gasteiger partial charge in [0.1, 0.15) is 0 Å². The van der Waals surface area contributed by atoms with Gasteiger partial charge in [0.05, 0.1) is 0 Å². The molecule has 0 saturated heterocycles. The van der Waals surface area contributed by atoms with E-state index in [1.54, 1.807) is 0 Å². The Balaban J connectivity index is 0.000000775. The minimum absolute atomic E-state index is 0. The standard InChI is InChI=1S/C18H19N.C2H6.H2/c1-12(2)14-6-8-15(9-7-14)18-11-16-5-4-13(3)10-17(16)19-18;1-2;/h4-12,19H,1-3H3;1-2H3;1H. The third-order valence-electron chi connectivity index (χ3n) is 3.67. The van der Waals surface area contributed by atoms with E-state index < -0.39 is 0 Å². The summed E-state index contributed by atoms with van der Waals surface area (Å²) in [6.07, 6.45) is 0. The molecule has 21 heavy (non-hydrogen) atoms. The minimum Gasteiger partial charge on any atom is -0.355 e. The average Bonchev–Trinajstić information content (AvgIpc) is 2.92. The Labute approximate surface area is 129 Å². The molecule has 0 aliphatic heterocycles. The van der Waals surface area contributed by atoms with Crippen LogP contribution in [0.25, 0.3) is 22.2 Å². The van der Waals surface area contributed by atoms with Crippen LogP contribution in [0.1, 0.15) is 46.2 Å². The summed E-state index contributed by atoms with van der Waals surface area (Å²) in [4.78, 5) is 3.50. The first-order chi connectivity index (χ1) is 10.1. The fourth-order valence-corrected chi connectivity index (χ4v) is 2.44. The van der Waals surface area contributed by atoms with Gasteiger partial charge in [-0.05, 0) is 41.7 Å². The maximum Gasteiger partial charge on any atom is 0.0464 e. The highest BCUT2D eigenvalue weighted by molar-refractivity contribution is 5.86. The second-order valence-corrected chi connectivity index (χ2v) is 5.55. The Morgan fingerprint density at radius 1 is 0.905 bits per heavy atom. The topological polar surface area (TPSA) is 15.8 Å². The molecule has 0 spiro atoms. The van der Waals surface area contributed by atoms with Crippen molar-refractivity contribution in [3.8, 4) is 11.3 Å². The van der Waals surface area contributed by atoms with E-state index in [0.717, 1.165) is 0 Å². The number of nitrogens with one attached hydrogen (secondary N) is 1. The van der Waals surface area contributed by atoms with E-state index in [4.69, 9.17) is 0 Å². The lowest BCUT2D eigenvalue weighted by atomic mass is 10.0. The number of aromatic nitrogens is 1. The predicted octanol–water partition coefficient (Wildman–Crippen LogP) is 6.54. The van der Waals surface area contributed by atoms with Crippen molar-refractivity contribution < 1.29 is 1.43 Å². The van der Waals surface area contributed by atoms with Crippen LogP contribution in [0.4, 0.5) is 0 Å². The van der Waals surface area contributed by atoms with Gasteiger partial charge in [0.2, 0.25) is 0 Å². The van der Waals surface area contributed by atoms with Gasteiger partial charge in [-0.2, -0.15) is 0 Å². The molecule has 0 radical (unpaired) electrons. The van der Waals surface area contributed by atoms with Crippen molar-refractivity contribution in [2.24, 2.45) is 0 Å². The molecule has 0 atom stereocenters. The summed E-state index contributed by atoms with van der Waals surface area (Å²) >= 11 is 0. The zero-order valence-electron chi connectivity index (χ0n) is 13.7. The quantitative estimate of drug-likeness (QED) is 0.549. The first-order valence-electron chi connectivity index (χ1n) is 7.83. The number of rotatable bonds is 2. The minimum atomic E-state index is 0. The highest BCUT2D eigenvalue weighted by Gasteiger charge is 2.04. The van der Waals surface area contributed by atoms with Crippen molar-refractivity contribution in [2.75, 3.05) is 0 Å². The molecule has 1 heteroatoms. The summed E-state index contributed by atoms with van der Waals surface area (Å²) in [7, 11) is 0. The van der Waals surface area contributed by atoms with Gasteiger partial charge in [-0.3, -0.25) is 0 Å². The maximum atomic E-state index is 3.50. The van der Waals surface area contributed by atoms with Crippen molar-refractivity contribution in [2.45, 2.75) is 40.5 Å². The van der Waals surface area contributed by atoms with Crippen LogP contribution < -0.4 is 0 Å². The van der Waals surface area contributed by atoms with Crippen molar-refractivity contribution in [1.82, 2.24) is 4.98 Å². The molecular weight excluding hydrogens is 254 g/mol. The Morgan fingerprint density at radius 2 is 1.57 bits per heavy atom. The average molecular weight is 281 g/mol. The lowest BCUT2D eigenvalue weighted by Crippen LogP contribution is -1.86. The Morgan fingerprint density at radius 3 is 2.19 bits per heavy atom. The number of hydrogen-bond donors (Lipinski definition) is 1. The zero-order chi connectivity index (χ0) is 15.4. The SMILES string of the molecule is CC.Cc1ccc2cc(-c3ccc(C(C)C)cc3)[nH]c2c1.[HH]. The Bertz CT molecular complexity index is 708. The maximum absolute atomic E-state index is 3.50. The van der Waals surface area contributed by atoms with Crippen molar-refractivity contribution >= 4 is 10.9 Å². The summed E-state index contributed by atoms with van der Waals surface area (Å²) in [6, 6.07) is 17.6. The second kappa shape index (κ2) is 6.62. The summed E-state index contributed by atoms with van der Waals surface area (Å²) in [5, 5.41) is 1.27. The van der Waals surface area contributed by atoms with Crippen LogP contribution in [0.2, 0.25) is 0 Å². The fraction of sp³-hybridized carbons (Fsp3) is 0.300. The van der Waals surface area contributed by atoms with E-state index in [9.17, 15) is 0 Å². The van der Waals surface area contributed by atoms with Gasteiger partial charge < -0.3 is 4.98 Å². The summed E-state index contributed by atoms with van der Waals surface area (Å²) < 4.78 is 0. The molecule has 0 amide bonds. The van der Waals surface area contributed by atoms with E-state index in [-0.39, 0.29) is 1.43 Å². The number of aromatic amines is 1. The van der Waals surface area contributed by atoms with Crippen LogP contribution in [0.3, 0.4) is 0 Å². The molecular formula is C20H27N. The molecule has 112 valence electrons. The molecule has 3 aromatic rings. The van der Waals surface area contributed by atoms with Gasteiger partial charge in [-0.1, -0.05) is 64.1 Å². The van der Waals surface area contributed by atoms with E-state index in [1.807, 2.05) is 13.8 Å². The van der Waals surface area contributed by atoms with Gasteiger partial charge in [-0.15, -0.1) is 0 Å². The molecule has 0 unspecified atom stereocenters. The lowest BCUT2D eigenvalue weighted by Gasteiger charge is -2.05. The molecule has 1 aromatic heterocycles. The largest absolute Gasteiger partial charge is 0.355 e. The number of fused-ring (bicyclic) bond motifs is 1. The summed E-state index contributed by atoms with van der Waals surface area (Å²) in [5.41, 5.74) is 6.32.